The standard InChI is InChI=1S/C51H33N5/c1-4-13-34(14-5-1)45-33-46(35-15-6-2-7-16-35)54-50(53-45)36-22-26-40(27-23-36)56-49-32-38(25-29-43(49)44-20-12-30-52-51(44)56)37-24-28-42-41-19-10-11-21-47(41)55(48(42)31-37)39-17-8-3-9-18-39/h1-33H. The Morgan fingerprint density at radius 2 is 0.821 bits per heavy atom. The lowest BCUT2D eigenvalue weighted by atomic mass is 10.0. The predicted octanol–water partition coefficient (Wildman–Crippen LogP) is 12.7. The number of benzene rings is 7. The van der Waals surface area contributed by atoms with Crippen LogP contribution >= 0.6 is 0 Å². The van der Waals surface area contributed by atoms with Crippen molar-refractivity contribution in [2.45, 2.75) is 0 Å². The van der Waals surface area contributed by atoms with Crippen LogP contribution < -0.4 is 0 Å². The first-order valence-electron chi connectivity index (χ1n) is 18.9. The molecule has 0 amide bonds. The Hall–Kier alpha value is -7.63. The Morgan fingerprint density at radius 1 is 0.321 bits per heavy atom. The van der Waals surface area contributed by atoms with E-state index < -0.39 is 0 Å². The number of hydrogen-bond acceptors (Lipinski definition) is 3. The van der Waals surface area contributed by atoms with Crippen LogP contribution in [-0.4, -0.2) is 24.1 Å². The minimum Gasteiger partial charge on any atom is -0.309 e. The van der Waals surface area contributed by atoms with E-state index in [1.54, 1.807) is 0 Å². The number of pyridine rings is 1. The largest absolute Gasteiger partial charge is 0.309 e. The maximum absolute atomic E-state index is 5.07. The van der Waals surface area contributed by atoms with Gasteiger partial charge in [-0.05, 0) is 83.9 Å². The number of para-hydroxylation sites is 2. The molecule has 0 saturated heterocycles. The molecule has 0 fully saturated rings. The molecule has 0 aliphatic rings. The van der Waals surface area contributed by atoms with Gasteiger partial charge < -0.3 is 4.57 Å². The zero-order valence-corrected chi connectivity index (χ0v) is 30.3. The average molecular weight is 716 g/mol. The topological polar surface area (TPSA) is 48.5 Å². The van der Waals surface area contributed by atoms with E-state index in [0.29, 0.717) is 5.82 Å². The first kappa shape index (κ1) is 31.9. The van der Waals surface area contributed by atoms with Gasteiger partial charge in [0.2, 0.25) is 0 Å². The zero-order valence-electron chi connectivity index (χ0n) is 30.3. The van der Waals surface area contributed by atoms with E-state index >= 15 is 0 Å². The highest BCUT2D eigenvalue weighted by Crippen LogP contribution is 2.38. The molecule has 11 aromatic rings. The van der Waals surface area contributed by atoms with Crippen molar-refractivity contribution in [3.05, 3.63) is 200 Å². The molecule has 0 bridgehead atoms. The van der Waals surface area contributed by atoms with Gasteiger partial charge in [-0.25, -0.2) is 15.0 Å². The molecule has 11 rings (SSSR count). The Labute approximate surface area is 323 Å². The maximum atomic E-state index is 5.07. The minimum atomic E-state index is 0.683. The quantitative estimate of drug-likeness (QED) is 0.172. The smallest absolute Gasteiger partial charge is 0.160 e. The fourth-order valence-electron chi connectivity index (χ4n) is 8.14. The van der Waals surface area contributed by atoms with Crippen LogP contribution in [0.25, 0.3) is 100 Å². The molecule has 0 aliphatic carbocycles. The molecule has 0 radical (unpaired) electrons. The van der Waals surface area contributed by atoms with E-state index in [-0.39, 0.29) is 0 Å². The molecule has 56 heavy (non-hydrogen) atoms. The van der Waals surface area contributed by atoms with Crippen LogP contribution in [-0.2, 0) is 0 Å². The zero-order chi connectivity index (χ0) is 37.0. The van der Waals surface area contributed by atoms with E-state index in [2.05, 4.69) is 161 Å². The van der Waals surface area contributed by atoms with Crippen LogP contribution in [0.5, 0.6) is 0 Å². The highest BCUT2D eigenvalue weighted by Gasteiger charge is 2.17. The molecule has 7 aromatic carbocycles. The minimum absolute atomic E-state index is 0.683. The number of nitrogens with zero attached hydrogens (tertiary/aromatic N) is 5. The van der Waals surface area contributed by atoms with Crippen molar-refractivity contribution in [1.82, 2.24) is 24.1 Å². The van der Waals surface area contributed by atoms with Gasteiger partial charge in [0.05, 0.1) is 27.9 Å². The Bertz CT molecular complexity index is 3160. The van der Waals surface area contributed by atoms with E-state index in [9.17, 15) is 0 Å². The van der Waals surface area contributed by atoms with Crippen molar-refractivity contribution in [1.29, 1.82) is 0 Å². The van der Waals surface area contributed by atoms with E-state index in [1.807, 2.05) is 48.7 Å². The lowest BCUT2D eigenvalue weighted by Crippen LogP contribution is -1.98. The molecule has 0 spiro atoms. The summed E-state index contributed by atoms with van der Waals surface area (Å²) in [5, 5.41) is 4.76. The highest BCUT2D eigenvalue weighted by molar-refractivity contribution is 6.11. The van der Waals surface area contributed by atoms with Gasteiger partial charge in [-0.1, -0.05) is 121 Å². The highest BCUT2D eigenvalue weighted by atomic mass is 15.0. The van der Waals surface area contributed by atoms with Gasteiger partial charge in [-0.15, -0.1) is 0 Å². The Balaban J connectivity index is 1.04. The molecule has 5 nitrogen and oxygen atoms in total. The number of rotatable bonds is 6. The van der Waals surface area contributed by atoms with Gasteiger partial charge >= 0.3 is 0 Å². The third-order valence-electron chi connectivity index (χ3n) is 10.8. The summed E-state index contributed by atoms with van der Waals surface area (Å²) >= 11 is 0. The van der Waals surface area contributed by atoms with Crippen molar-refractivity contribution >= 4 is 43.7 Å². The van der Waals surface area contributed by atoms with Gasteiger partial charge in [0.1, 0.15) is 5.65 Å². The van der Waals surface area contributed by atoms with Crippen LogP contribution in [0.15, 0.2) is 200 Å². The number of hydrogen-bond donors (Lipinski definition) is 0. The van der Waals surface area contributed by atoms with Crippen LogP contribution in [0.3, 0.4) is 0 Å². The van der Waals surface area contributed by atoms with E-state index in [4.69, 9.17) is 15.0 Å². The number of fused-ring (bicyclic) bond motifs is 6. The maximum Gasteiger partial charge on any atom is 0.160 e. The Kier molecular flexibility index (Phi) is 7.42. The van der Waals surface area contributed by atoms with Gasteiger partial charge in [0.25, 0.3) is 0 Å². The molecular formula is C51H33N5. The van der Waals surface area contributed by atoms with Gasteiger partial charge in [-0.3, -0.25) is 4.57 Å². The van der Waals surface area contributed by atoms with E-state index in [0.717, 1.165) is 72.5 Å². The second-order valence-electron chi connectivity index (χ2n) is 14.1. The summed E-state index contributed by atoms with van der Waals surface area (Å²) in [5.41, 5.74) is 13.7. The SMILES string of the molecule is c1ccc(-c2cc(-c3ccccc3)nc(-c3ccc(-n4c5cc(-c6ccc7c8ccccc8n(-c8ccccc8)c7c6)ccc5c5cccnc54)cc3)n2)cc1. The predicted molar refractivity (Wildman–Crippen MR) is 230 cm³/mol. The first-order chi connectivity index (χ1) is 27.8. The first-order valence-corrected chi connectivity index (χ1v) is 18.9. The molecule has 262 valence electrons. The molecule has 0 aliphatic heterocycles. The summed E-state index contributed by atoms with van der Waals surface area (Å²) < 4.78 is 4.64. The summed E-state index contributed by atoms with van der Waals surface area (Å²) in [6.07, 6.45) is 1.87. The summed E-state index contributed by atoms with van der Waals surface area (Å²) in [6, 6.07) is 68.3. The van der Waals surface area contributed by atoms with Crippen LogP contribution in [0.1, 0.15) is 0 Å². The summed E-state index contributed by atoms with van der Waals surface area (Å²) in [7, 11) is 0. The summed E-state index contributed by atoms with van der Waals surface area (Å²) in [5.74, 6) is 0.683. The number of aromatic nitrogens is 5. The molecule has 0 saturated carbocycles. The third kappa shape index (κ3) is 5.29. The molecule has 5 heteroatoms. The molecule has 0 N–H and O–H groups in total. The van der Waals surface area contributed by atoms with Gasteiger partial charge in [-0.2, -0.15) is 0 Å². The fourth-order valence-corrected chi connectivity index (χ4v) is 8.14. The van der Waals surface area contributed by atoms with Crippen LogP contribution in [0, 0.1) is 0 Å². The molecule has 4 heterocycles. The summed E-state index contributed by atoms with van der Waals surface area (Å²) in [4.78, 5) is 15.0. The van der Waals surface area contributed by atoms with Crippen LogP contribution in [0.2, 0.25) is 0 Å². The van der Waals surface area contributed by atoms with Gasteiger partial charge in [0.15, 0.2) is 5.82 Å². The molecule has 0 atom stereocenters. The molecule has 0 unspecified atom stereocenters. The average Bonchev–Trinajstić information content (AvgIpc) is 3.79. The second-order valence-corrected chi connectivity index (χ2v) is 14.1. The fraction of sp³-hybridized carbons (Fsp3) is 0. The van der Waals surface area contributed by atoms with Gasteiger partial charge in [0, 0.05) is 55.8 Å². The lowest BCUT2D eigenvalue weighted by Gasteiger charge is -2.12. The molecule has 4 aromatic heterocycles. The summed E-state index contributed by atoms with van der Waals surface area (Å²) in [6.45, 7) is 0. The third-order valence-corrected chi connectivity index (χ3v) is 10.8. The second kappa shape index (κ2) is 13.0. The normalized spacial score (nSPS) is 11.6. The molecular weight excluding hydrogens is 683 g/mol. The van der Waals surface area contributed by atoms with Crippen molar-refractivity contribution in [2.24, 2.45) is 0 Å². The monoisotopic (exact) mass is 715 g/mol. The Morgan fingerprint density at radius 3 is 1.48 bits per heavy atom. The van der Waals surface area contributed by atoms with Crippen molar-refractivity contribution < 1.29 is 0 Å². The lowest BCUT2D eigenvalue weighted by molar-refractivity contribution is 1.13. The van der Waals surface area contributed by atoms with Crippen molar-refractivity contribution in [2.75, 3.05) is 0 Å². The van der Waals surface area contributed by atoms with Crippen molar-refractivity contribution in [3.8, 4) is 56.4 Å². The van der Waals surface area contributed by atoms with Crippen LogP contribution in [0.4, 0.5) is 0 Å². The van der Waals surface area contributed by atoms with Crippen molar-refractivity contribution in [3.63, 3.8) is 0 Å². The van der Waals surface area contributed by atoms with E-state index in [1.165, 1.54) is 21.8 Å².